The number of ether oxygens (including phenoxy) is 1. The summed E-state index contributed by atoms with van der Waals surface area (Å²) in [6.07, 6.45) is 4.34. The Hall–Kier alpha value is -2.36. The number of amides is 1. The quantitative estimate of drug-likeness (QED) is 0.840. The van der Waals surface area contributed by atoms with E-state index >= 15 is 0 Å². The van der Waals surface area contributed by atoms with Crippen molar-refractivity contribution < 1.29 is 9.53 Å². The van der Waals surface area contributed by atoms with Gasteiger partial charge in [-0.1, -0.05) is 6.07 Å². The van der Waals surface area contributed by atoms with Crippen molar-refractivity contribution in [3.63, 3.8) is 0 Å². The van der Waals surface area contributed by atoms with Gasteiger partial charge >= 0.3 is 0 Å². The maximum Gasteiger partial charge on any atom is 0.258 e. The Bertz CT molecular complexity index is 667. The van der Waals surface area contributed by atoms with Gasteiger partial charge in [0, 0.05) is 18.3 Å². The molecule has 0 fully saturated rings. The molecule has 1 aliphatic heterocycles. The minimum absolute atomic E-state index is 0.0150. The van der Waals surface area contributed by atoms with Crippen molar-refractivity contribution >= 4 is 11.6 Å². The van der Waals surface area contributed by atoms with Crippen LogP contribution in [0.4, 0.5) is 5.69 Å². The molecular formula is C16H16N2O2. The molecular weight excluding hydrogens is 252 g/mol. The van der Waals surface area contributed by atoms with Crippen LogP contribution in [0.5, 0.6) is 5.75 Å². The number of aryl methyl sites for hydroxylation is 1. The van der Waals surface area contributed by atoms with Crippen LogP contribution in [-0.4, -0.2) is 24.5 Å². The van der Waals surface area contributed by atoms with Crippen molar-refractivity contribution in [3.8, 4) is 5.75 Å². The molecule has 0 N–H and O–H groups in total. The number of aromatic nitrogens is 1. The summed E-state index contributed by atoms with van der Waals surface area (Å²) in [6.45, 7) is 2.68. The van der Waals surface area contributed by atoms with Crippen LogP contribution < -0.4 is 9.64 Å². The number of carbonyl (C=O) groups is 1. The molecule has 0 unspecified atom stereocenters. The first-order valence-corrected chi connectivity index (χ1v) is 6.60. The van der Waals surface area contributed by atoms with Crippen molar-refractivity contribution in [2.75, 3.05) is 18.6 Å². The van der Waals surface area contributed by atoms with Crippen LogP contribution in [0.3, 0.4) is 0 Å². The highest BCUT2D eigenvalue weighted by atomic mass is 16.5. The summed E-state index contributed by atoms with van der Waals surface area (Å²) >= 11 is 0. The lowest BCUT2D eigenvalue weighted by molar-refractivity contribution is 0.0980. The molecule has 1 aromatic carbocycles. The second-order valence-electron chi connectivity index (χ2n) is 4.89. The Morgan fingerprint density at radius 2 is 2.15 bits per heavy atom. The van der Waals surface area contributed by atoms with Crippen LogP contribution in [0.15, 0.2) is 36.7 Å². The minimum atomic E-state index is 0.0150. The largest absolute Gasteiger partial charge is 0.497 e. The number of carbonyl (C=O) groups excluding carboxylic acids is 1. The molecule has 1 aliphatic rings. The van der Waals surface area contributed by atoms with Crippen molar-refractivity contribution in [1.29, 1.82) is 0 Å². The molecule has 2 heterocycles. The summed E-state index contributed by atoms with van der Waals surface area (Å²) in [5, 5.41) is 0. The highest BCUT2D eigenvalue weighted by molar-refractivity contribution is 6.08. The van der Waals surface area contributed by atoms with Gasteiger partial charge in [-0.05, 0) is 42.7 Å². The van der Waals surface area contributed by atoms with E-state index in [0.29, 0.717) is 12.3 Å². The van der Waals surface area contributed by atoms with Crippen LogP contribution in [0, 0.1) is 6.92 Å². The molecule has 20 heavy (non-hydrogen) atoms. The van der Waals surface area contributed by atoms with Crippen LogP contribution in [0.25, 0.3) is 0 Å². The summed E-state index contributed by atoms with van der Waals surface area (Å²) in [7, 11) is 1.61. The number of rotatable bonds is 2. The molecule has 1 amide bonds. The van der Waals surface area contributed by atoms with Gasteiger partial charge in [-0.3, -0.25) is 9.78 Å². The summed E-state index contributed by atoms with van der Waals surface area (Å²) < 4.78 is 5.21. The zero-order valence-electron chi connectivity index (χ0n) is 11.6. The van der Waals surface area contributed by atoms with E-state index in [9.17, 15) is 4.79 Å². The SMILES string of the molecule is COc1ccc2c(c1)C(=O)N(c1cnccc1C)CC2. The van der Waals surface area contributed by atoms with Gasteiger partial charge in [-0.15, -0.1) is 0 Å². The monoisotopic (exact) mass is 268 g/mol. The van der Waals surface area contributed by atoms with E-state index in [1.807, 2.05) is 31.2 Å². The molecule has 0 saturated carbocycles. The average molecular weight is 268 g/mol. The smallest absolute Gasteiger partial charge is 0.258 e. The molecule has 0 saturated heterocycles. The summed E-state index contributed by atoms with van der Waals surface area (Å²) in [4.78, 5) is 18.6. The molecule has 2 aromatic rings. The number of methoxy groups -OCH3 is 1. The van der Waals surface area contributed by atoms with Crippen molar-refractivity contribution in [2.45, 2.75) is 13.3 Å². The van der Waals surface area contributed by atoms with Crippen LogP contribution in [0.2, 0.25) is 0 Å². The number of pyridine rings is 1. The van der Waals surface area contributed by atoms with E-state index in [1.165, 1.54) is 0 Å². The minimum Gasteiger partial charge on any atom is -0.497 e. The predicted molar refractivity (Wildman–Crippen MR) is 77.3 cm³/mol. The normalized spacial score (nSPS) is 14.1. The third-order valence-electron chi connectivity index (χ3n) is 3.70. The summed E-state index contributed by atoms with van der Waals surface area (Å²) in [6, 6.07) is 7.61. The van der Waals surface area contributed by atoms with Crippen LogP contribution in [0.1, 0.15) is 21.5 Å². The topological polar surface area (TPSA) is 42.4 Å². The van der Waals surface area contributed by atoms with E-state index in [0.717, 1.165) is 28.8 Å². The fraction of sp³-hybridized carbons (Fsp3) is 0.250. The van der Waals surface area contributed by atoms with E-state index in [1.54, 1.807) is 24.4 Å². The third kappa shape index (κ3) is 2.03. The molecule has 102 valence electrons. The second kappa shape index (κ2) is 4.96. The third-order valence-corrected chi connectivity index (χ3v) is 3.70. The Balaban J connectivity index is 2.02. The summed E-state index contributed by atoms with van der Waals surface area (Å²) in [5.74, 6) is 0.725. The molecule has 0 spiro atoms. The summed E-state index contributed by atoms with van der Waals surface area (Å²) in [5.41, 5.74) is 3.73. The fourth-order valence-corrected chi connectivity index (χ4v) is 2.55. The van der Waals surface area contributed by atoms with Gasteiger partial charge in [0.05, 0.1) is 19.0 Å². The van der Waals surface area contributed by atoms with Gasteiger partial charge in [0.15, 0.2) is 0 Å². The Morgan fingerprint density at radius 3 is 2.90 bits per heavy atom. The second-order valence-corrected chi connectivity index (χ2v) is 4.89. The highest BCUT2D eigenvalue weighted by Crippen LogP contribution is 2.28. The number of benzene rings is 1. The van der Waals surface area contributed by atoms with Gasteiger partial charge in [0.1, 0.15) is 5.75 Å². The Labute approximate surface area is 118 Å². The lowest BCUT2D eigenvalue weighted by Gasteiger charge is -2.29. The Morgan fingerprint density at radius 1 is 1.30 bits per heavy atom. The van der Waals surface area contributed by atoms with Gasteiger partial charge in [0.2, 0.25) is 0 Å². The van der Waals surface area contributed by atoms with Gasteiger partial charge in [-0.25, -0.2) is 0 Å². The first kappa shape index (κ1) is 12.7. The van der Waals surface area contributed by atoms with Crippen LogP contribution in [-0.2, 0) is 6.42 Å². The molecule has 3 rings (SSSR count). The van der Waals surface area contributed by atoms with Crippen LogP contribution >= 0.6 is 0 Å². The molecule has 0 bridgehead atoms. The molecule has 4 heteroatoms. The first-order valence-electron chi connectivity index (χ1n) is 6.60. The maximum absolute atomic E-state index is 12.7. The lowest BCUT2D eigenvalue weighted by Crippen LogP contribution is -2.38. The Kier molecular flexibility index (Phi) is 3.14. The first-order chi connectivity index (χ1) is 9.70. The molecule has 0 radical (unpaired) electrons. The van der Waals surface area contributed by atoms with Crippen molar-refractivity contribution in [3.05, 3.63) is 53.3 Å². The number of anilines is 1. The van der Waals surface area contributed by atoms with E-state index in [4.69, 9.17) is 4.74 Å². The number of hydrogen-bond donors (Lipinski definition) is 0. The van der Waals surface area contributed by atoms with Crippen molar-refractivity contribution in [1.82, 2.24) is 4.98 Å². The zero-order valence-corrected chi connectivity index (χ0v) is 11.6. The van der Waals surface area contributed by atoms with E-state index < -0.39 is 0 Å². The number of fused-ring (bicyclic) bond motifs is 1. The van der Waals surface area contributed by atoms with E-state index in [2.05, 4.69) is 4.98 Å². The zero-order chi connectivity index (χ0) is 14.1. The molecule has 4 nitrogen and oxygen atoms in total. The number of hydrogen-bond acceptors (Lipinski definition) is 3. The van der Waals surface area contributed by atoms with Crippen molar-refractivity contribution in [2.24, 2.45) is 0 Å². The van der Waals surface area contributed by atoms with E-state index in [-0.39, 0.29) is 5.91 Å². The fourth-order valence-electron chi connectivity index (χ4n) is 2.55. The number of nitrogens with zero attached hydrogens (tertiary/aromatic N) is 2. The molecule has 1 aromatic heterocycles. The lowest BCUT2D eigenvalue weighted by atomic mass is 9.98. The molecule has 0 atom stereocenters. The average Bonchev–Trinajstić information content (AvgIpc) is 2.48. The predicted octanol–water partition coefficient (Wildman–Crippen LogP) is 2.60. The molecule has 0 aliphatic carbocycles. The highest BCUT2D eigenvalue weighted by Gasteiger charge is 2.26. The maximum atomic E-state index is 12.7. The van der Waals surface area contributed by atoms with Gasteiger partial charge < -0.3 is 9.64 Å². The van der Waals surface area contributed by atoms with Gasteiger partial charge in [-0.2, -0.15) is 0 Å². The standard InChI is InChI=1S/C16H16N2O2/c1-11-5-7-17-10-15(11)18-8-6-12-3-4-13(20-2)9-14(12)16(18)19/h3-5,7,9-10H,6,8H2,1-2H3. The van der Waals surface area contributed by atoms with Gasteiger partial charge in [0.25, 0.3) is 5.91 Å².